The van der Waals surface area contributed by atoms with E-state index >= 15 is 0 Å². The van der Waals surface area contributed by atoms with Gasteiger partial charge in [0, 0.05) is 17.8 Å². The largest absolute Gasteiger partial charge is 0.497 e. The van der Waals surface area contributed by atoms with E-state index in [1.807, 2.05) is 30.3 Å². The number of carbonyl (C=O) groups is 2. The van der Waals surface area contributed by atoms with E-state index in [9.17, 15) is 14.4 Å². The maximum Gasteiger partial charge on any atom is 0.350 e. The molecule has 0 unspecified atom stereocenters. The van der Waals surface area contributed by atoms with E-state index < -0.39 is 5.97 Å². The highest BCUT2D eigenvalue weighted by molar-refractivity contribution is 7.18. The van der Waals surface area contributed by atoms with Gasteiger partial charge in [-0.1, -0.05) is 12.1 Å². The van der Waals surface area contributed by atoms with Crippen LogP contribution < -0.4 is 15.6 Å². The molecule has 0 bridgehead atoms. The number of aromatic nitrogens is 2. The molecule has 0 saturated carbocycles. The molecule has 0 aliphatic carbocycles. The minimum atomic E-state index is -0.485. The predicted molar refractivity (Wildman–Crippen MR) is 136 cm³/mol. The monoisotopic (exact) mass is 491 g/mol. The molecule has 4 aromatic rings. The van der Waals surface area contributed by atoms with Crippen molar-refractivity contribution in [3.8, 4) is 16.2 Å². The Morgan fingerprint density at radius 2 is 1.89 bits per heavy atom. The number of amides is 1. The van der Waals surface area contributed by atoms with Crippen LogP contribution in [0.4, 0.5) is 5.69 Å². The molecular weight excluding hydrogens is 466 g/mol. The summed E-state index contributed by atoms with van der Waals surface area (Å²) in [5, 5.41) is 3.38. The topological polar surface area (TPSA) is 99.5 Å². The summed E-state index contributed by atoms with van der Waals surface area (Å²) in [6.07, 6.45) is 2.12. The molecule has 9 heteroatoms. The molecule has 0 aliphatic rings. The van der Waals surface area contributed by atoms with Crippen molar-refractivity contribution >= 4 is 39.8 Å². The van der Waals surface area contributed by atoms with Gasteiger partial charge >= 0.3 is 5.97 Å². The van der Waals surface area contributed by atoms with Gasteiger partial charge in [0.25, 0.3) is 5.56 Å². The number of rotatable bonds is 9. The van der Waals surface area contributed by atoms with Gasteiger partial charge in [0.2, 0.25) is 5.91 Å². The van der Waals surface area contributed by atoms with Crippen molar-refractivity contribution in [2.24, 2.45) is 0 Å². The number of thiophene rings is 1. The number of hydrogen-bond donors (Lipinski definition) is 1. The summed E-state index contributed by atoms with van der Waals surface area (Å²) < 4.78 is 11.9. The van der Waals surface area contributed by atoms with Crippen molar-refractivity contribution in [2.45, 2.75) is 26.3 Å². The third kappa shape index (κ3) is 5.58. The first-order valence-corrected chi connectivity index (χ1v) is 12.0. The van der Waals surface area contributed by atoms with Gasteiger partial charge in [-0.05, 0) is 61.4 Å². The molecule has 35 heavy (non-hydrogen) atoms. The number of ether oxygens (including phenoxy) is 2. The Morgan fingerprint density at radius 3 is 2.63 bits per heavy atom. The summed E-state index contributed by atoms with van der Waals surface area (Å²) in [5.74, 6) is -0.0112. The van der Waals surface area contributed by atoms with Crippen LogP contribution in [-0.4, -0.2) is 35.1 Å². The SMILES string of the molecule is CCOC(=O)c1sc(-c2ccc(OC)cc2)cc1NC(=O)CCCn1cnc2ccccc2c1=O. The van der Waals surface area contributed by atoms with Crippen molar-refractivity contribution in [2.75, 3.05) is 19.0 Å². The van der Waals surface area contributed by atoms with Gasteiger partial charge in [-0.3, -0.25) is 14.2 Å². The molecule has 0 aliphatic heterocycles. The lowest BCUT2D eigenvalue weighted by Crippen LogP contribution is -2.21. The van der Waals surface area contributed by atoms with Crippen LogP contribution in [0.1, 0.15) is 29.4 Å². The molecule has 0 radical (unpaired) electrons. The fourth-order valence-corrected chi connectivity index (χ4v) is 4.63. The molecule has 0 spiro atoms. The van der Waals surface area contributed by atoms with Crippen LogP contribution in [0, 0.1) is 0 Å². The first-order valence-electron chi connectivity index (χ1n) is 11.2. The Morgan fingerprint density at radius 1 is 1.11 bits per heavy atom. The second-order valence-corrected chi connectivity index (χ2v) is 8.77. The maximum absolute atomic E-state index is 12.7. The summed E-state index contributed by atoms with van der Waals surface area (Å²) in [7, 11) is 1.60. The molecule has 0 atom stereocenters. The van der Waals surface area contributed by atoms with E-state index in [2.05, 4.69) is 10.3 Å². The Bertz CT molecular complexity index is 1410. The summed E-state index contributed by atoms with van der Waals surface area (Å²) in [5.41, 5.74) is 1.81. The van der Waals surface area contributed by atoms with Gasteiger partial charge in [-0.2, -0.15) is 0 Å². The fraction of sp³-hybridized carbons (Fsp3) is 0.231. The van der Waals surface area contributed by atoms with E-state index in [1.54, 1.807) is 38.3 Å². The van der Waals surface area contributed by atoms with Crippen LogP contribution in [0.5, 0.6) is 5.75 Å². The zero-order chi connectivity index (χ0) is 24.8. The standard InChI is InChI=1S/C26H25N3O5S/c1-3-34-26(32)24-21(15-22(35-24)17-10-12-18(33-2)13-11-17)28-23(30)9-6-14-29-16-27-20-8-5-4-7-19(20)25(29)31/h4-5,7-8,10-13,15-16H,3,6,9,14H2,1-2H3,(H,28,30). The van der Waals surface area contributed by atoms with Crippen LogP contribution in [0.15, 0.2) is 65.7 Å². The number of nitrogens with zero attached hydrogens (tertiary/aromatic N) is 2. The molecular formula is C26H25N3O5S. The number of anilines is 1. The predicted octanol–water partition coefficient (Wildman–Crippen LogP) is 4.73. The number of para-hydroxylation sites is 1. The number of nitrogens with one attached hydrogen (secondary N) is 1. The van der Waals surface area contributed by atoms with Crippen LogP contribution in [-0.2, 0) is 16.1 Å². The number of benzene rings is 2. The number of methoxy groups -OCH3 is 1. The normalized spacial score (nSPS) is 10.8. The summed E-state index contributed by atoms with van der Waals surface area (Å²) in [6, 6.07) is 16.4. The number of aryl methyl sites for hydroxylation is 1. The second kappa shape index (κ2) is 11.0. The molecule has 8 nitrogen and oxygen atoms in total. The van der Waals surface area contributed by atoms with Crippen molar-refractivity contribution in [1.29, 1.82) is 0 Å². The zero-order valence-electron chi connectivity index (χ0n) is 19.4. The second-order valence-electron chi connectivity index (χ2n) is 7.71. The van der Waals surface area contributed by atoms with Crippen LogP contribution in [0.25, 0.3) is 21.3 Å². The molecule has 0 fully saturated rings. The highest BCUT2D eigenvalue weighted by Gasteiger charge is 2.20. The third-order valence-corrected chi connectivity index (χ3v) is 6.54. The van der Waals surface area contributed by atoms with Crippen molar-refractivity contribution in [3.63, 3.8) is 0 Å². The molecule has 0 saturated heterocycles. The van der Waals surface area contributed by atoms with Gasteiger partial charge in [0.1, 0.15) is 10.6 Å². The van der Waals surface area contributed by atoms with Crippen molar-refractivity contribution in [1.82, 2.24) is 9.55 Å². The molecule has 2 aromatic heterocycles. The zero-order valence-corrected chi connectivity index (χ0v) is 20.3. The quantitative estimate of drug-likeness (QED) is 0.340. The Balaban J connectivity index is 1.45. The Kier molecular flexibility index (Phi) is 7.57. The molecule has 1 amide bonds. The number of hydrogen-bond acceptors (Lipinski definition) is 7. The van der Waals surface area contributed by atoms with Crippen molar-refractivity contribution in [3.05, 3.63) is 76.2 Å². The van der Waals surface area contributed by atoms with E-state index in [0.717, 1.165) is 16.2 Å². The highest BCUT2D eigenvalue weighted by atomic mass is 32.1. The van der Waals surface area contributed by atoms with Gasteiger partial charge < -0.3 is 14.8 Å². The molecule has 4 rings (SSSR count). The lowest BCUT2D eigenvalue weighted by atomic mass is 10.1. The van der Waals surface area contributed by atoms with E-state index in [-0.39, 0.29) is 24.5 Å². The Labute approximate surface area is 206 Å². The van der Waals surface area contributed by atoms with Crippen LogP contribution >= 0.6 is 11.3 Å². The van der Waals surface area contributed by atoms with E-state index in [4.69, 9.17) is 9.47 Å². The minimum Gasteiger partial charge on any atom is -0.497 e. The van der Waals surface area contributed by atoms with E-state index in [1.165, 1.54) is 22.2 Å². The lowest BCUT2D eigenvalue weighted by Gasteiger charge is -2.08. The van der Waals surface area contributed by atoms with Crippen LogP contribution in [0.3, 0.4) is 0 Å². The Hall–Kier alpha value is -3.98. The summed E-state index contributed by atoms with van der Waals surface area (Å²) in [6.45, 7) is 2.32. The summed E-state index contributed by atoms with van der Waals surface area (Å²) >= 11 is 1.26. The van der Waals surface area contributed by atoms with Crippen LogP contribution in [0.2, 0.25) is 0 Å². The first-order chi connectivity index (χ1) is 17.0. The average Bonchev–Trinajstić information content (AvgIpc) is 3.29. The average molecular weight is 492 g/mol. The van der Waals surface area contributed by atoms with Gasteiger partial charge in [0.15, 0.2) is 0 Å². The summed E-state index contributed by atoms with van der Waals surface area (Å²) in [4.78, 5) is 43.3. The van der Waals surface area contributed by atoms with Gasteiger partial charge in [0.05, 0.1) is 36.6 Å². The van der Waals surface area contributed by atoms with Gasteiger partial charge in [-0.25, -0.2) is 9.78 Å². The molecule has 1 N–H and O–H groups in total. The molecule has 2 aromatic carbocycles. The number of esters is 1. The maximum atomic E-state index is 12.7. The molecule has 180 valence electrons. The minimum absolute atomic E-state index is 0.137. The highest BCUT2D eigenvalue weighted by Crippen LogP contribution is 2.36. The van der Waals surface area contributed by atoms with Gasteiger partial charge in [-0.15, -0.1) is 11.3 Å². The molecule has 2 heterocycles. The lowest BCUT2D eigenvalue weighted by molar-refractivity contribution is -0.116. The first kappa shape index (κ1) is 24.2. The fourth-order valence-electron chi connectivity index (χ4n) is 3.62. The van der Waals surface area contributed by atoms with Crippen molar-refractivity contribution < 1.29 is 19.1 Å². The van der Waals surface area contributed by atoms with E-state index in [0.29, 0.717) is 34.4 Å². The number of carbonyl (C=O) groups excluding carboxylic acids is 2. The smallest absolute Gasteiger partial charge is 0.350 e. The third-order valence-electron chi connectivity index (χ3n) is 5.38. The number of fused-ring (bicyclic) bond motifs is 1.